The van der Waals surface area contributed by atoms with Crippen molar-refractivity contribution in [1.82, 2.24) is 0 Å². The van der Waals surface area contributed by atoms with Crippen LogP contribution in [0.1, 0.15) is 12.5 Å². The lowest BCUT2D eigenvalue weighted by Crippen LogP contribution is -2.57. The molecule has 5 unspecified atom stereocenters. The summed E-state index contributed by atoms with van der Waals surface area (Å²) in [7, 11) is 1.56. The predicted molar refractivity (Wildman–Crippen MR) is 80.5 cm³/mol. The number of carbonyl (C=O) groups excluding carboxylic acids is 1. The predicted octanol–water partition coefficient (Wildman–Crippen LogP) is 0.0791. The Bertz CT molecular complexity index is 554. The smallest absolute Gasteiger partial charge is 0.331 e. The molecule has 0 bridgehead atoms. The van der Waals surface area contributed by atoms with Gasteiger partial charge in [0.05, 0.1) is 13.2 Å². The summed E-state index contributed by atoms with van der Waals surface area (Å²) >= 11 is 0. The lowest BCUT2D eigenvalue weighted by atomic mass is 10.00. The molecule has 0 amide bonds. The van der Waals surface area contributed by atoms with Crippen molar-refractivity contribution in [2.45, 2.75) is 37.6 Å². The number of hydrogen-bond acceptors (Lipinski definition) is 7. The van der Waals surface area contributed by atoms with Gasteiger partial charge in [0.1, 0.15) is 18.0 Å². The third kappa shape index (κ3) is 4.29. The van der Waals surface area contributed by atoms with E-state index in [0.29, 0.717) is 5.75 Å². The first-order valence-electron chi connectivity index (χ1n) is 7.15. The number of hydrogen-bond donors (Lipinski definition) is 3. The molecule has 1 aromatic rings. The first-order chi connectivity index (χ1) is 10.9. The summed E-state index contributed by atoms with van der Waals surface area (Å²) in [5.74, 6) is 0.0116. The Morgan fingerprint density at radius 2 is 1.83 bits per heavy atom. The molecule has 7 nitrogen and oxygen atoms in total. The summed E-state index contributed by atoms with van der Waals surface area (Å²) in [5, 5.41) is 28.8. The molecule has 2 rings (SSSR count). The number of esters is 1. The van der Waals surface area contributed by atoms with E-state index in [1.165, 1.54) is 13.0 Å². The van der Waals surface area contributed by atoms with Gasteiger partial charge in [0.25, 0.3) is 0 Å². The SMILES string of the molecule is COc1ccc(C=CC(=O)OC2C(C)OC(O)C(O)C2O)cc1. The van der Waals surface area contributed by atoms with Crippen molar-refractivity contribution in [3.05, 3.63) is 35.9 Å². The van der Waals surface area contributed by atoms with Gasteiger partial charge in [-0.3, -0.25) is 0 Å². The summed E-state index contributed by atoms with van der Waals surface area (Å²) in [6, 6.07) is 7.04. The number of aliphatic hydroxyl groups excluding tert-OH is 3. The first kappa shape index (κ1) is 17.4. The minimum Gasteiger partial charge on any atom is -0.497 e. The van der Waals surface area contributed by atoms with Crippen LogP contribution in [0.25, 0.3) is 6.08 Å². The third-order valence-electron chi connectivity index (χ3n) is 3.58. The van der Waals surface area contributed by atoms with Crippen molar-refractivity contribution in [3.8, 4) is 5.75 Å². The van der Waals surface area contributed by atoms with E-state index < -0.39 is 36.7 Å². The van der Waals surface area contributed by atoms with Crippen LogP contribution >= 0.6 is 0 Å². The van der Waals surface area contributed by atoms with Crippen LogP contribution < -0.4 is 4.74 Å². The molecule has 0 saturated carbocycles. The molecule has 1 saturated heterocycles. The van der Waals surface area contributed by atoms with Crippen LogP contribution in [0.15, 0.2) is 30.3 Å². The number of methoxy groups -OCH3 is 1. The molecule has 0 aromatic heterocycles. The zero-order valence-electron chi connectivity index (χ0n) is 12.8. The molecule has 3 N–H and O–H groups in total. The second-order valence-corrected chi connectivity index (χ2v) is 5.22. The molecule has 0 radical (unpaired) electrons. The number of benzene rings is 1. The van der Waals surface area contributed by atoms with Crippen molar-refractivity contribution < 1.29 is 34.3 Å². The Morgan fingerprint density at radius 3 is 2.43 bits per heavy atom. The molecule has 0 aliphatic carbocycles. The van der Waals surface area contributed by atoms with Crippen molar-refractivity contribution in [3.63, 3.8) is 0 Å². The summed E-state index contributed by atoms with van der Waals surface area (Å²) in [4.78, 5) is 11.8. The maximum Gasteiger partial charge on any atom is 0.331 e. The Hall–Kier alpha value is -1.93. The lowest BCUT2D eigenvalue weighted by Gasteiger charge is -2.38. The highest BCUT2D eigenvalue weighted by Crippen LogP contribution is 2.22. The molecular formula is C16H20O7. The number of rotatable bonds is 4. The molecule has 1 aromatic carbocycles. The average Bonchev–Trinajstić information content (AvgIpc) is 2.55. The molecular weight excluding hydrogens is 304 g/mol. The number of aliphatic hydroxyl groups is 3. The van der Waals surface area contributed by atoms with E-state index in [2.05, 4.69) is 0 Å². The molecule has 1 aliphatic heterocycles. The van der Waals surface area contributed by atoms with E-state index in [4.69, 9.17) is 14.2 Å². The van der Waals surface area contributed by atoms with Crippen molar-refractivity contribution >= 4 is 12.0 Å². The number of ether oxygens (including phenoxy) is 3. The zero-order valence-corrected chi connectivity index (χ0v) is 12.8. The highest BCUT2D eigenvalue weighted by Gasteiger charge is 2.43. The van der Waals surface area contributed by atoms with Gasteiger partial charge in [-0.15, -0.1) is 0 Å². The van der Waals surface area contributed by atoms with Crippen molar-refractivity contribution in [2.75, 3.05) is 7.11 Å². The van der Waals surface area contributed by atoms with Crippen LogP contribution in [0, 0.1) is 0 Å². The second-order valence-electron chi connectivity index (χ2n) is 5.22. The normalized spacial score (nSPS) is 31.1. The van der Waals surface area contributed by atoms with Gasteiger partial charge in [0, 0.05) is 6.08 Å². The quantitative estimate of drug-likeness (QED) is 0.532. The maximum absolute atomic E-state index is 11.8. The van der Waals surface area contributed by atoms with Gasteiger partial charge >= 0.3 is 5.97 Å². The maximum atomic E-state index is 11.8. The van der Waals surface area contributed by atoms with Gasteiger partial charge in [-0.25, -0.2) is 4.79 Å². The fourth-order valence-electron chi connectivity index (χ4n) is 2.24. The molecule has 7 heteroatoms. The lowest BCUT2D eigenvalue weighted by molar-refractivity contribution is -0.280. The molecule has 0 spiro atoms. The van der Waals surface area contributed by atoms with E-state index in [0.717, 1.165) is 5.56 Å². The van der Waals surface area contributed by atoms with Gasteiger partial charge < -0.3 is 29.5 Å². The van der Waals surface area contributed by atoms with Crippen LogP contribution in [0.5, 0.6) is 5.75 Å². The molecule has 5 atom stereocenters. The molecule has 1 aliphatic rings. The van der Waals surface area contributed by atoms with Gasteiger partial charge in [0.2, 0.25) is 0 Å². The number of carbonyl (C=O) groups is 1. The van der Waals surface area contributed by atoms with Crippen LogP contribution in [-0.2, 0) is 14.3 Å². The van der Waals surface area contributed by atoms with Gasteiger partial charge in [-0.2, -0.15) is 0 Å². The minimum atomic E-state index is -1.53. The van der Waals surface area contributed by atoms with E-state index in [1.54, 1.807) is 37.5 Å². The second kappa shape index (κ2) is 7.56. The molecule has 1 fully saturated rings. The minimum absolute atomic E-state index is 0.691. The largest absolute Gasteiger partial charge is 0.497 e. The van der Waals surface area contributed by atoms with E-state index in [9.17, 15) is 20.1 Å². The van der Waals surface area contributed by atoms with Crippen LogP contribution in [-0.4, -0.2) is 59.1 Å². The Kier molecular flexibility index (Phi) is 5.73. The van der Waals surface area contributed by atoms with Gasteiger partial charge in [-0.1, -0.05) is 12.1 Å². The first-order valence-corrected chi connectivity index (χ1v) is 7.15. The van der Waals surface area contributed by atoms with Crippen LogP contribution in [0.3, 0.4) is 0 Å². The monoisotopic (exact) mass is 324 g/mol. The standard InChI is InChI=1S/C16H20O7/c1-9-15(13(18)14(19)16(20)22-9)23-12(17)8-5-10-3-6-11(21-2)7-4-10/h3-9,13-16,18-20H,1-2H3. The van der Waals surface area contributed by atoms with Gasteiger partial charge in [-0.05, 0) is 30.7 Å². The zero-order chi connectivity index (χ0) is 17.0. The third-order valence-corrected chi connectivity index (χ3v) is 3.58. The molecule has 23 heavy (non-hydrogen) atoms. The van der Waals surface area contributed by atoms with E-state index in [1.807, 2.05) is 0 Å². The summed E-state index contributed by atoms with van der Waals surface area (Å²) < 4.78 is 15.1. The summed E-state index contributed by atoms with van der Waals surface area (Å²) in [6.07, 6.45) is -3.53. The Labute approximate surface area is 133 Å². The highest BCUT2D eigenvalue weighted by atomic mass is 16.7. The summed E-state index contributed by atoms with van der Waals surface area (Å²) in [5.41, 5.74) is 0.770. The summed E-state index contributed by atoms with van der Waals surface area (Å²) in [6.45, 7) is 1.53. The average molecular weight is 324 g/mol. The Morgan fingerprint density at radius 1 is 1.17 bits per heavy atom. The van der Waals surface area contributed by atoms with Crippen LogP contribution in [0.4, 0.5) is 0 Å². The fraction of sp³-hybridized carbons (Fsp3) is 0.438. The highest BCUT2D eigenvalue weighted by molar-refractivity contribution is 5.87. The van der Waals surface area contributed by atoms with E-state index >= 15 is 0 Å². The van der Waals surface area contributed by atoms with Gasteiger partial charge in [0.15, 0.2) is 12.4 Å². The Balaban J connectivity index is 1.96. The molecule has 126 valence electrons. The fourth-order valence-corrected chi connectivity index (χ4v) is 2.24. The van der Waals surface area contributed by atoms with Crippen molar-refractivity contribution in [2.24, 2.45) is 0 Å². The van der Waals surface area contributed by atoms with Crippen molar-refractivity contribution in [1.29, 1.82) is 0 Å². The van der Waals surface area contributed by atoms with Crippen LogP contribution in [0.2, 0.25) is 0 Å². The topological polar surface area (TPSA) is 105 Å². The van der Waals surface area contributed by atoms with E-state index in [-0.39, 0.29) is 0 Å². The molecule has 1 heterocycles.